The SMILES string of the molecule is CS(=O)(=O)NCCN(C(=O)/C=C/c1ccnc(Cl)c1)C1CC1. The Kier molecular flexibility index (Phi) is 5.55. The van der Waals surface area contributed by atoms with E-state index in [1.165, 1.54) is 6.08 Å². The predicted molar refractivity (Wildman–Crippen MR) is 85.9 cm³/mol. The van der Waals surface area contributed by atoms with Gasteiger partial charge in [-0.3, -0.25) is 4.79 Å². The molecule has 1 fully saturated rings. The largest absolute Gasteiger partial charge is 0.335 e. The molecular weight excluding hydrogens is 326 g/mol. The van der Waals surface area contributed by atoms with E-state index in [9.17, 15) is 13.2 Å². The minimum absolute atomic E-state index is 0.134. The van der Waals surface area contributed by atoms with Gasteiger partial charge in [-0.25, -0.2) is 18.1 Å². The Morgan fingerprint density at radius 1 is 1.55 bits per heavy atom. The van der Waals surface area contributed by atoms with E-state index in [1.54, 1.807) is 29.3 Å². The molecule has 1 saturated carbocycles. The second-order valence-electron chi connectivity index (χ2n) is 5.17. The number of nitrogens with zero attached hydrogens (tertiary/aromatic N) is 2. The summed E-state index contributed by atoms with van der Waals surface area (Å²) in [4.78, 5) is 17.8. The van der Waals surface area contributed by atoms with Crippen LogP contribution in [0.3, 0.4) is 0 Å². The molecule has 0 unspecified atom stereocenters. The Morgan fingerprint density at radius 3 is 2.86 bits per heavy atom. The van der Waals surface area contributed by atoms with Crippen LogP contribution in [0.2, 0.25) is 5.15 Å². The molecule has 120 valence electrons. The zero-order chi connectivity index (χ0) is 16.2. The van der Waals surface area contributed by atoms with Gasteiger partial charge in [-0.15, -0.1) is 0 Å². The van der Waals surface area contributed by atoms with Crippen molar-refractivity contribution in [2.24, 2.45) is 0 Å². The second kappa shape index (κ2) is 7.21. The lowest BCUT2D eigenvalue weighted by Crippen LogP contribution is -2.38. The number of pyridine rings is 1. The van der Waals surface area contributed by atoms with Crippen LogP contribution in [-0.4, -0.2) is 49.6 Å². The molecule has 2 rings (SSSR count). The molecular formula is C14H18ClN3O3S. The van der Waals surface area contributed by atoms with Gasteiger partial charge in [-0.05, 0) is 36.6 Å². The highest BCUT2D eigenvalue weighted by Gasteiger charge is 2.31. The van der Waals surface area contributed by atoms with E-state index >= 15 is 0 Å². The minimum Gasteiger partial charge on any atom is -0.335 e. The smallest absolute Gasteiger partial charge is 0.246 e. The molecule has 1 aromatic rings. The van der Waals surface area contributed by atoms with Crippen LogP contribution in [0.1, 0.15) is 18.4 Å². The number of rotatable bonds is 7. The molecule has 1 N–H and O–H groups in total. The Hall–Kier alpha value is -1.44. The van der Waals surface area contributed by atoms with Crippen molar-refractivity contribution in [3.8, 4) is 0 Å². The van der Waals surface area contributed by atoms with Crippen molar-refractivity contribution in [3.05, 3.63) is 35.1 Å². The number of hydrogen-bond donors (Lipinski definition) is 1. The molecule has 1 amide bonds. The van der Waals surface area contributed by atoms with E-state index in [4.69, 9.17) is 11.6 Å². The van der Waals surface area contributed by atoms with E-state index in [1.807, 2.05) is 0 Å². The maximum Gasteiger partial charge on any atom is 0.246 e. The zero-order valence-corrected chi connectivity index (χ0v) is 13.8. The number of halogens is 1. The number of sulfonamides is 1. The van der Waals surface area contributed by atoms with Crippen LogP contribution < -0.4 is 4.72 Å². The predicted octanol–water partition coefficient (Wildman–Crippen LogP) is 1.29. The quantitative estimate of drug-likeness (QED) is 0.597. The third-order valence-corrected chi connectivity index (χ3v) is 4.09. The van der Waals surface area contributed by atoms with Crippen molar-refractivity contribution in [1.29, 1.82) is 0 Å². The van der Waals surface area contributed by atoms with Crippen LogP contribution in [0.25, 0.3) is 6.08 Å². The molecule has 1 heterocycles. The lowest BCUT2D eigenvalue weighted by atomic mass is 10.2. The molecule has 22 heavy (non-hydrogen) atoms. The first-order valence-electron chi connectivity index (χ1n) is 6.90. The van der Waals surface area contributed by atoms with Gasteiger partial charge < -0.3 is 4.90 Å². The van der Waals surface area contributed by atoms with E-state index in [0.29, 0.717) is 11.7 Å². The summed E-state index contributed by atoms with van der Waals surface area (Å²) in [6, 6.07) is 3.62. The number of hydrogen-bond acceptors (Lipinski definition) is 4. The molecule has 1 aliphatic rings. The van der Waals surface area contributed by atoms with Crippen molar-refractivity contribution < 1.29 is 13.2 Å². The van der Waals surface area contributed by atoms with Crippen molar-refractivity contribution in [1.82, 2.24) is 14.6 Å². The number of carbonyl (C=O) groups is 1. The van der Waals surface area contributed by atoms with E-state index < -0.39 is 10.0 Å². The average molecular weight is 344 g/mol. The maximum absolute atomic E-state index is 12.3. The van der Waals surface area contributed by atoms with Crippen LogP contribution in [0, 0.1) is 0 Å². The van der Waals surface area contributed by atoms with Crippen molar-refractivity contribution >= 4 is 33.6 Å². The average Bonchev–Trinajstić information content (AvgIpc) is 3.24. The first-order valence-corrected chi connectivity index (χ1v) is 9.17. The highest BCUT2D eigenvalue weighted by molar-refractivity contribution is 7.88. The van der Waals surface area contributed by atoms with Crippen LogP contribution in [0.5, 0.6) is 0 Å². The third kappa shape index (κ3) is 5.75. The molecule has 1 aromatic heterocycles. The van der Waals surface area contributed by atoms with Crippen molar-refractivity contribution in [2.45, 2.75) is 18.9 Å². The summed E-state index contributed by atoms with van der Waals surface area (Å²) in [5.41, 5.74) is 0.790. The topological polar surface area (TPSA) is 79.4 Å². The van der Waals surface area contributed by atoms with Crippen LogP contribution in [0.4, 0.5) is 0 Å². The Morgan fingerprint density at radius 2 is 2.27 bits per heavy atom. The molecule has 0 spiro atoms. The van der Waals surface area contributed by atoms with Crippen LogP contribution >= 0.6 is 11.6 Å². The summed E-state index contributed by atoms with van der Waals surface area (Å²) in [6.45, 7) is 0.577. The number of amides is 1. The summed E-state index contributed by atoms with van der Waals surface area (Å²) < 4.78 is 24.5. The minimum atomic E-state index is -3.24. The monoisotopic (exact) mass is 343 g/mol. The fourth-order valence-electron chi connectivity index (χ4n) is 1.99. The van der Waals surface area contributed by atoms with E-state index in [-0.39, 0.29) is 18.5 Å². The van der Waals surface area contributed by atoms with Gasteiger partial charge in [-0.2, -0.15) is 0 Å². The molecule has 6 nitrogen and oxygen atoms in total. The standard InChI is InChI=1S/C14H18ClN3O3S/c1-22(20,21)17-8-9-18(12-3-4-12)14(19)5-2-11-6-7-16-13(15)10-11/h2,5-7,10,12,17H,3-4,8-9H2,1H3/b5-2+. The fourth-order valence-corrected chi connectivity index (χ4v) is 2.64. The van der Waals surface area contributed by atoms with Gasteiger partial charge in [0.25, 0.3) is 0 Å². The summed E-state index contributed by atoms with van der Waals surface area (Å²) in [5.74, 6) is -0.134. The molecule has 8 heteroatoms. The highest BCUT2D eigenvalue weighted by atomic mass is 35.5. The third-order valence-electron chi connectivity index (χ3n) is 3.16. The summed E-state index contributed by atoms with van der Waals surface area (Å²) in [7, 11) is -3.24. The number of nitrogens with one attached hydrogen (secondary N) is 1. The van der Waals surface area contributed by atoms with Crippen molar-refractivity contribution in [2.75, 3.05) is 19.3 Å². The van der Waals surface area contributed by atoms with Gasteiger partial charge in [0.15, 0.2) is 0 Å². The summed E-state index contributed by atoms with van der Waals surface area (Å²) in [5, 5.41) is 0.367. The lowest BCUT2D eigenvalue weighted by molar-refractivity contribution is -0.126. The fraction of sp³-hybridized carbons (Fsp3) is 0.429. The van der Waals surface area contributed by atoms with Crippen molar-refractivity contribution in [3.63, 3.8) is 0 Å². The number of carbonyl (C=O) groups excluding carboxylic acids is 1. The lowest BCUT2D eigenvalue weighted by Gasteiger charge is -2.20. The molecule has 0 aromatic carbocycles. The molecule has 0 bridgehead atoms. The van der Waals surface area contributed by atoms with Gasteiger partial charge in [0.05, 0.1) is 6.26 Å². The summed E-state index contributed by atoms with van der Waals surface area (Å²) >= 11 is 5.79. The highest BCUT2D eigenvalue weighted by Crippen LogP contribution is 2.26. The van der Waals surface area contributed by atoms with Crippen LogP contribution in [-0.2, 0) is 14.8 Å². The van der Waals surface area contributed by atoms with Gasteiger partial charge in [0, 0.05) is 31.4 Å². The Labute approximate surface area is 135 Å². The van der Waals surface area contributed by atoms with Gasteiger partial charge in [0.2, 0.25) is 15.9 Å². The first-order chi connectivity index (χ1) is 10.3. The number of aromatic nitrogens is 1. The summed E-state index contributed by atoms with van der Waals surface area (Å²) in [6.07, 6.45) is 7.74. The molecule has 0 aliphatic heterocycles. The van der Waals surface area contributed by atoms with Gasteiger partial charge in [-0.1, -0.05) is 11.6 Å². The zero-order valence-electron chi connectivity index (χ0n) is 12.2. The van der Waals surface area contributed by atoms with Crippen LogP contribution in [0.15, 0.2) is 24.4 Å². The van der Waals surface area contributed by atoms with Gasteiger partial charge >= 0.3 is 0 Å². The maximum atomic E-state index is 12.3. The Bertz CT molecular complexity index is 672. The van der Waals surface area contributed by atoms with E-state index in [0.717, 1.165) is 24.7 Å². The molecule has 0 radical (unpaired) electrons. The normalized spacial score (nSPS) is 15.2. The molecule has 0 saturated heterocycles. The molecule has 0 atom stereocenters. The molecule has 1 aliphatic carbocycles. The van der Waals surface area contributed by atoms with Gasteiger partial charge in [0.1, 0.15) is 5.15 Å². The van der Waals surface area contributed by atoms with E-state index in [2.05, 4.69) is 9.71 Å². The Balaban J connectivity index is 1.95. The first kappa shape index (κ1) is 16.9. The second-order valence-corrected chi connectivity index (χ2v) is 7.39.